The normalized spacial score (nSPS) is 45.8. The van der Waals surface area contributed by atoms with E-state index in [0.717, 1.165) is 32.1 Å². The third-order valence-electron chi connectivity index (χ3n) is 9.70. The molecule has 0 radical (unpaired) electrons. The van der Waals surface area contributed by atoms with Gasteiger partial charge in [0.15, 0.2) is 25.2 Å². The van der Waals surface area contributed by atoms with Gasteiger partial charge in [0.1, 0.15) is 91.6 Å². The molecule has 0 aliphatic carbocycles. The van der Waals surface area contributed by atoms with Gasteiger partial charge < -0.3 is 105 Å². The van der Waals surface area contributed by atoms with Crippen molar-refractivity contribution in [1.29, 1.82) is 0 Å². The average Bonchev–Trinajstić information content (AvgIpc) is 3.41. The minimum absolute atomic E-state index is 0.256. The van der Waals surface area contributed by atoms with Gasteiger partial charge >= 0.3 is 0 Å². The molecule has 4 heterocycles. The number of ether oxygens (including phenoxy) is 8. The van der Waals surface area contributed by atoms with Crippen molar-refractivity contribution in [3.8, 4) is 0 Å². The monoisotopic (exact) mass is 763 g/mol. The quantitative estimate of drug-likeness (QED) is 0.0544. The maximum absolute atomic E-state index is 11.1. The Morgan fingerprint density at radius 3 is 1.40 bits per heavy atom. The van der Waals surface area contributed by atoms with E-state index in [4.69, 9.17) is 43.6 Å². The fraction of sp³-hybridized carbons (Fsp3) is 1.00. The van der Waals surface area contributed by atoms with Gasteiger partial charge in [0.25, 0.3) is 0 Å². The Morgan fingerprint density at radius 1 is 0.404 bits per heavy atom. The molecule has 0 unspecified atom stereocenters. The molecule has 21 nitrogen and oxygen atoms in total. The molecule has 52 heavy (non-hydrogen) atoms. The summed E-state index contributed by atoms with van der Waals surface area (Å²) in [5.74, 6) is 0. The molecule has 0 aromatic carbocycles. The molecule has 4 aliphatic heterocycles. The van der Waals surface area contributed by atoms with Crippen LogP contribution in [0.15, 0.2) is 0 Å². The van der Waals surface area contributed by atoms with Crippen molar-refractivity contribution in [3.05, 3.63) is 0 Å². The Hall–Kier alpha value is -0.840. The van der Waals surface area contributed by atoms with E-state index in [2.05, 4.69) is 0 Å². The predicted octanol–water partition coefficient (Wildman–Crippen LogP) is -6.79. The lowest BCUT2D eigenvalue weighted by Gasteiger charge is -2.48. The first-order chi connectivity index (χ1) is 24.9. The van der Waals surface area contributed by atoms with Crippen molar-refractivity contribution in [2.24, 2.45) is 5.73 Å². The Morgan fingerprint density at radius 2 is 0.827 bits per heavy atom. The zero-order valence-corrected chi connectivity index (χ0v) is 28.7. The molecule has 0 saturated carbocycles. The lowest BCUT2D eigenvalue weighted by atomic mass is 9.96. The summed E-state index contributed by atoms with van der Waals surface area (Å²) in [6, 6.07) is 0. The highest BCUT2D eigenvalue weighted by atomic mass is 16.8. The highest BCUT2D eigenvalue weighted by Gasteiger charge is 2.54. The number of hydrogen-bond donors (Lipinski definition) is 13. The van der Waals surface area contributed by atoms with Gasteiger partial charge in [-0.05, 0) is 19.4 Å². The van der Waals surface area contributed by atoms with E-state index in [1.165, 1.54) is 0 Å². The average molecular weight is 764 g/mol. The van der Waals surface area contributed by atoms with Crippen LogP contribution >= 0.6 is 0 Å². The molecule has 14 N–H and O–H groups in total. The predicted molar refractivity (Wildman–Crippen MR) is 168 cm³/mol. The lowest BCUT2D eigenvalue weighted by Crippen LogP contribution is -2.67. The van der Waals surface area contributed by atoms with Crippen molar-refractivity contribution >= 4 is 0 Å². The van der Waals surface area contributed by atoms with Crippen LogP contribution in [0.5, 0.6) is 0 Å². The lowest BCUT2D eigenvalue weighted by molar-refractivity contribution is -0.394. The molecule has 0 amide bonds. The zero-order chi connectivity index (χ0) is 38.1. The number of hydrogen-bond acceptors (Lipinski definition) is 21. The summed E-state index contributed by atoms with van der Waals surface area (Å²) in [5.41, 5.74) is 5.51. The number of nitrogens with two attached hydrogens (primary N) is 1. The molecular weight excluding hydrogens is 706 g/mol. The molecule has 21 heteroatoms. The van der Waals surface area contributed by atoms with Gasteiger partial charge in [-0.2, -0.15) is 0 Å². The second kappa shape index (κ2) is 20.9. The Balaban J connectivity index is 1.44. The molecule has 0 spiro atoms. The molecule has 0 aromatic rings. The summed E-state index contributed by atoms with van der Waals surface area (Å²) in [4.78, 5) is 0. The second-order valence-corrected chi connectivity index (χ2v) is 13.5. The Kier molecular flexibility index (Phi) is 17.6. The highest BCUT2D eigenvalue weighted by Crippen LogP contribution is 2.34. The van der Waals surface area contributed by atoms with Gasteiger partial charge in [-0.3, -0.25) is 0 Å². The van der Waals surface area contributed by atoms with Crippen LogP contribution in [-0.2, 0) is 37.9 Å². The van der Waals surface area contributed by atoms with E-state index in [1.807, 2.05) is 0 Å². The number of aliphatic hydroxyl groups excluding tert-OH is 12. The van der Waals surface area contributed by atoms with Gasteiger partial charge in [-0.25, -0.2) is 0 Å². The molecule has 4 rings (SSSR count). The fourth-order valence-electron chi connectivity index (χ4n) is 6.47. The summed E-state index contributed by atoms with van der Waals surface area (Å²) in [7, 11) is 0. The molecule has 0 bridgehead atoms. The standard InChI is InChI=1S/C31H57NO20/c32-7-5-3-1-2-4-6-8-45-28-24(43)20(39)16(50-28)12-46-30-26(22(41)18(37)14(10-34)48-30)52-31-27(23(42)19(38)15(11-35)49-31)51-29-25(44)21(40)17(36)13(9-33)47-29/h13-31,33-44H,1-12,32H2/t13-,14-,15-,16-,17-,18-,19-,20-,21+,22+,23+,24+,25+,26+,27+,28-,29-,30+,31-/m1/s1. The Bertz CT molecular complexity index is 1020. The summed E-state index contributed by atoms with van der Waals surface area (Å²) in [6.45, 7) is -2.03. The summed E-state index contributed by atoms with van der Waals surface area (Å²) >= 11 is 0. The topological polar surface area (TPSA) is 343 Å². The van der Waals surface area contributed by atoms with Crippen LogP contribution in [0.2, 0.25) is 0 Å². The number of rotatable bonds is 19. The van der Waals surface area contributed by atoms with E-state index in [9.17, 15) is 61.3 Å². The van der Waals surface area contributed by atoms with E-state index in [1.54, 1.807) is 0 Å². The van der Waals surface area contributed by atoms with Crippen LogP contribution in [0.4, 0.5) is 0 Å². The SMILES string of the molecule is NCCCCCCCCO[C@@H]1O[C@H](CO[C@H]2O[C@H](CO)[C@@H](O)[C@H](O)[C@@H]2O[C@H]2O[C@H](CO)[C@@H](O)[C@H](O)[C@@H]2O[C@H]2O[C@H](CO)[C@@H](O)[C@H](O)[C@@H]2O)[C@@H](O)[C@@H]1O. The largest absolute Gasteiger partial charge is 0.394 e. The van der Waals surface area contributed by atoms with Crippen molar-refractivity contribution < 1.29 is 99.2 Å². The molecule has 0 aromatic heterocycles. The van der Waals surface area contributed by atoms with Crippen LogP contribution in [0.25, 0.3) is 0 Å². The van der Waals surface area contributed by atoms with Crippen molar-refractivity contribution in [1.82, 2.24) is 0 Å². The van der Waals surface area contributed by atoms with Gasteiger partial charge in [0.2, 0.25) is 0 Å². The van der Waals surface area contributed by atoms with Gasteiger partial charge in [-0.15, -0.1) is 0 Å². The van der Waals surface area contributed by atoms with Crippen molar-refractivity contribution in [2.75, 3.05) is 39.6 Å². The van der Waals surface area contributed by atoms with Crippen molar-refractivity contribution in [2.45, 2.75) is 155 Å². The van der Waals surface area contributed by atoms with E-state index in [0.29, 0.717) is 13.0 Å². The molecule has 4 fully saturated rings. The number of unbranched alkanes of at least 4 members (excludes halogenated alkanes) is 5. The molecule has 306 valence electrons. The number of aliphatic hydroxyl groups is 12. The first-order valence-corrected chi connectivity index (χ1v) is 17.7. The first-order valence-electron chi connectivity index (χ1n) is 17.7. The third-order valence-corrected chi connectivity index (χ3v) is 9.70. The minimum atomic E-state index is -1.95. The fourth-order valence-corrected chi connectivity index (χ4v) is 6.47. The van der Waals surface area contributed by atoms with Crippen LogP contribution in [-0.4, -0.2) is 218 Å². The van der Waals surface area contributed by atoms with E-state index < -0.39 is 143 Å². The summed E-state index contributed by atoms with van der Waals surface area (Å²) in [5, 5.41) is 125. The third kappa shape index (κ3) is 10.5. The molecular formula is C31H57NO20. The van der Waals surface area contributed by atoms with Crippen LogP contribution in [0, 0.1) is 0 Å². The van der Waals surface area contributed by atoms with E-state index >= 15 is 0 Å². The Labute approximate surface area is 299 Å². The smallest absolute Gasteiger partial charge is 0.187 e. The van der Waals surface area contributed by atoms with E-state index in [-0.39, 0.29) is 6.61 Å². The summed E-state index contributed by atoms with van der Waals surface area (Å²) in [6.07, 6.45) is -26.0. The van der Waals surface area contributed by atoms with Crippen LogP contribution in [0.1, 0.15) is 38.5 Å². The second-order valence-electron chi connectivity index (χ2n) is 13.5. The van der Waals surface area contributed by atoms with Gasteiger partial charge in [0.05, 0.1) is 26.4 Å². The highest BCUT2D eigenvalue weighted by molar-refractivity contribution is 4.96. The van der Waals surface area contributed by atoms with Crippen molar-refractivity contribution in [3.63, 3.8) is 0 Å². The molecule has 4 aliphatic rings. The van der Waals surface area contributed by atoms with Crippen LogP contribution < -0.4 is 5.73 Å². The summed E-state index contributed by atoms with van der Waals surface area (Å²) < 4.78 is 45.3. The van der Waals surface area contributed by atoms with Gasteiger partial charge in [-0.1, -0.05) is 25.7 Å². The zero-order valence-electron chi connectivity index (χ0n) is 28.7. The van der Waals surface area contributed by atoms with Crippen LogP contribution in [0.3, 0.4) is 0 Å². The molecule has 4 saturated heterocycles. The maximum atomic E-state index is 11.1. The first kappa shape index (κ1) is 43.9. The van der Waals surface area contributed by atoms with Gasteiger partial charge in [0, 0.05) is 6.61 Å². The molecule has 19 atom stereocenters. The minimum Gasteiger partial charge on any atom is -0.394 e. The maximum Gasteiger partial charge on any atom is 0.187 e.